The first-order chi connectivity index (χ1) is 8.81. The fourth-order valence-corrected chi connectivity index (χ4v) is 1.86. The SMILES string of the molecule is CCCOc1ccc(C(=O)N2CCOCC2)cc1. The summed E-state index contributed by atoms with van der Waals surface area (Å²) in [6.45, 7) is 5.37. The van der Waals surface area contributed by atoms with Crippen LogP contribution in [0.5, 0.6) is 5.75 Å². The number of nitrogens with zero attached hydrogens (tertiary/aromatic N) is 1. The third-order valence-corrected chi connectivity index (χ3v) is 2.87. The minimum Gasteiger partial charge on any atom is -0.494 e. The summed E-state index contributed by atoms with van der Waals surface area (Å²) in [5.74, 6) is 0.885. The van der Waals surface area contributed by atoms with Gasteiger partial charge in [-0.15, -0.1) is 0 Å². The maximum Gasteiger partial charge on any atom is 0.254 e. The maximum atomic E-state index is 12.2. The van der Waals surface area contributed by atoms with E-state index in [0.29, 0.717) is 38.5 Å². The van der Waals surface area contributed by atoms with Crippen LogP contribution < -0.4 is 4.74 Å². The van der Waals surface area contributed by atoms with E-state index in [4.69, 9.17) is 9.47 Å². The van der Waals surface area contributed by atoms with Crippen LogP contribution in [-0.4, -0.2) is 43.7 Å². The first-order valence-corrected chi connectivity index (χ1v) is 6.41. The molecule has 0 spiro atoms. The fourth-order valence-electron chi connectivity index (χ4n) is 1.86. The molecule has 0 bridgehead atoms. The third kappa shape index (κ3) is 3.23. The van der Waals surface area contributed by atoms with Crippen molar-refractivity contribution in [2.75, 3.05) is 32.9 Å². The standard InChI is InChI=1S/C14H19NO3/c1-2-9-18-13-5-3-12(4-6-13)14(16)15-7-10-17-11-8-15/h3-6H,2,7-11H2,1H3. The summed E-state index contributed by atoms with van der Waals surface area (Å²) in [5.41, 5.74) is 0.709. The molecule has 0 radical (unpaired) electrons. The topological polar surface area (TPSA) is 38.8 Å². The quantitative estimate of drug-likeness (QED) is 0.818. The van der Waals surface area contributed by atoms with Crippen LogP contribution in [0.15, 0.2) is 24.3 Å². The normalized spacial score (nSPS) is 15.5. The smallest absolute Gasteiger partial charge is 0.254 e. The Balaban J connectivity index is 1.97. The minimum absolute atomic E-state index is 0.0698. The number of hydrogen-bond donors (Lipinski definition) is 0. The van der Waals surface area contributed by atoms with Gasteiger partial charge in [-0.25, -0.2) is 0 Å². The average molecular weight is 249 g/mol. The molecule has 0 aliphatic carbocycles. The number of hydrogen-bond acceptors (Lipinski definition) is 3. The highest BCUT2D eigenvalue weighted by Gasteiger charge is 2.18. The van der Waals surface area contributed by atoms with Gasteiger partial charge in [-0.2, -0.15) is 0 Å². The van der Waals surface area contributed by atoms with Crippen molar-refractivity contribution in [1.29, 1.82) is 0 Å². The second kappa shape index (κ2) is 6.40. The zero-order chi connectivity index (χ0) is 12.8. The molecule has 98 valence electrons. The Labute approximate surface area is 107 Å². The average Bonchev–Trinajstić information content (AvgIpc) is 2.46. The molecule has 0 aromatic heterocycles. The summed E-state index contributed by atoms with van der Waals surface area (Å²) >= 11 is 0. The lowest BCUT2D eigenvalue weighted by Crippen LogP contribution is -2.40. The Hall–Kier alpha value is -1.55. The van der Waals surface area contributed by atoms with Gasteiger partial charge in [0, 0.05) is 18.7 Å². The monoisotopic (exact) mass is 249 g/mol. The molecule has 18 heavy (non-hydrogen) atoms. The predicted octanol–water partition coefficient (Wildman–Crippen LogP) is 1.95. The molecule has 0 N–H and O–H groups in total. The number of carbonyl (C=O) groups excluding carboxylic acids is 1. The van der Waals surface area contributed by atoms with Gasteiger partial charge >= 0.3 is 0 Å². The van der Waals surface area contributed by atoms with E-state index < -0.39 is 0 Å². The third-order valence-electron chi connectivity index (χ3n) is 2.87. The van der Waals surface area contributed by atoms with Gasteiger partial charge < -0.3 is 14.4 Å². The van der Waals surface area contributed by atoms with Crippen LogP contribution in [0.3, 0.4) is 0 Å². The van der Waals surface area contributed by atoms with Gasteiger partial charge in [0.15, 0.2) is 0 Å². The highest BCUT2D eigenvalue weighted by molar-refractivity contribution is 5.94. The van der Waals surface area contributed by atoms with E-state index in [1.54, 1.807) is 0 Å². The number of morpholine rings is 1. The molecule has 0 saturated carbocycles. The fraction of sp³-hybridized carbons (Fsp3) is 0.500. The lowest BCUT2D eigenvalue weighted by atomic mass is 10.2. The Bertz CT molecular complexity index is 383. The summed E-state index contributed by atoms with van der Waals surface area (Å²) in [4.78, 5) is 14.0. The summed E-state index contributed by atoms with van der Waals surface area (Å²) in [7, 11) is 0. The summed E-state index contributed by atoms with van der Waals surface area (Å²) in [6, 6.07) is 7.35. The Kier molecular flexibility index (Phi) is 4.59. The molecule has 2 rings (SSSR count). The molecule has 1 aliphatic rings. The molecular weight excluding hydrogens is 230 g/mol. The van der Waals surface area contributed by atoms with Crippen molar-refractivity contribution in [2.45, 2.75) is 13.3 Å². The van der Waals surface area contributed by atoms with E-state index in [2.05, 4.69) is 6.92 Å². The highest BCUT2D eigenvalue weighted by Crippen LogP contribution is 2.14. The Morgan fingerprint density at radius 1 is 1.28 bits per heavy atom. The van der Waals surface area contributed by atoms with Crippen molar-refractivity contribution in [3.8, 4) is 5.75 Å². The second-order valence-electron chi connectivity index (χ2n) is 4.28. The maximum absolute atomic E-state index is 12.2. The summed E-state index contributed by atoms with van der Waals surface area (Å²) < 4.78 is 10.7. The second-order valence-corrected chi connectivity index (χ2v) is 4.28. The zero-order valence-corrected chi connectivity index (χ0v) is 10.7. The van der Waals surface area contributed by atoms with Gasteiger partial charge in [-0.05, 0) is 30.7 Å². The Morgan fingerprint density at radius 3 is 2.56 bits per heavy atom. The zero-order valence-electron chi connectivity index (χ0n) is 10.7. The lowest BCUT2D eigenvalue weighted by Gasteiger charge is -2.26. The minimum atomic E-state index is 0.0698. The molecule has 1 fully saturated rings. The molecular formula is C14H19NO3. The first-order valence-electron chi connectivity index (χ1n) is 6.41. The molecule has 1 aliphatic heterocycles. The molecule has 4 nitrogen and oxygen atoms in total. The van der Waals surface area contributed by atoms with Gasteiger partial charge in [-0.3, -0.25) is 4.79 Å². The van der Waals surface area contributed by atoms with E-state index in [-0.39, 0.29) is 5.91 Å². The van der Waals surface area contributed by atoms with Crippen LogP contribution in [-0.2, 0) is 4.74 Å². The molecule has 0 unspecified atom stereocenters. The molecule has 1 heterocycles. The van der Waals surface area contributed by atoms with E-state index >= 15 is 0 Å². The van der Waals surface area contributed by atoms with E-state index in [0.717, 1.165) is 12.2 Å². The first kappa shape index (κ1) is 12.9. The summed E-state index contributed by atoms with van der Waals surface area (Å²) in [5, 5.41) is 0. The number of rotatable bonds is 4. The molecule has 1 aromatic carbocycles. The van der Waals surface area contributed by atoms with E-state index in [9.17, 15) is 4.79 Å². The van der Waals surface area contributed by atoms with Crippen molar-refractivity contribution in [1.82, 2.24) is 4.90 Å². The number of amides is 1. The lowest BCUT2D eigenvalue weighted by molar-refractivity contribution is 0.0303. The van der Waals surface area contributed by atoms with Crippen molar-refractivity contribution >= 4 is 5.91 Å². The van der Waals surface area contributed by atoms with Crippen LogP contribution in [0.1, 0.15) is 23.7 Å². The van der Waals surface area contributed by atoms with Gasteiger partial charge in [-0.1, -0.05) is 6.92 Å². The number of carbonyl (C=O) groups is 1. The van der Waals surface area contributed by atoms with E-state index in [1.807, 2.05) is 29.2 Å². The molecule has 1 aromatic rings. The number of benzene rings is 1. The number of ether oxygens (including phenoxy) is 2. The van der Waals surface area contributed by atoms with E-state index in [1.165, 1.54) is 0 Å². The van der Waals surface area contributed by atoms with Crippen molar-refractivity contribution in [3.63, 3.8) is 0 Å². The molecule has 4 heteroatoms. The van der Waals surface area contributed by atoms with Gasteiger partial charge in [0.1, 0.15) is 5.75 Å². The highest BCUT2D eigenvalue weighted by atomic mass is 16.5. The van der Waals surface area contributed by atoms with Crippen molar-refractivity contribution in [3.05, 3.63) is 29.8 Å². The molecule has 0 atom stereocenters. The molecule has 1 saturated heterocycles. The largest absolute Gasteiger partial charge is 0.494 e. The molecule has 1 amide bonds. The predicted molar refractivity (Wildman–Crippen MR) is 69.0 cm³/mol. The van der Waals surface area contributed by atoms with Crippen molar-refractivity contribution < 1.29 is 14.3 Å². The van der Waals surface area contributed by atoms with Crippen molar-refractivity contribution in [2.24, 2.45) is 0 Å². The van der Waals surface area contributed by atoms with Crippen LogP contribution in [0.2, 0.25) is 0 Å². The van der Waals surface area contributed by atoms with Crippen LogP contribution in [0.4, 0.5) is 0 Å². The van der Waals surface area contributed by atoms with Crippen LogP contribution in [0, 0.1) is 0 Å². The Morgan fingerprint density at radius 2 is 1.94 bits per heavy atom. The van der Waals surface area contributed by atoms with Gasteiger partial charge in [0.2, 0.25) is 0 Å². The van der Waals surface area contributed by atoms with Crippen LogP contribution >= 0.6 is 0 Å². The van der Waals surface area contributed by atoms with Gasteiger partial charge in [0.05, 0.1) is 19.8 Å². The van der Waals surface area contributed by atoms with Gasteiger partial charge in [0.25, 0.3) is 5.91 Å². The summed E-state index contributed by atoms with van der Waals surface area (Å²) in [6.07, 6.45) is 0.981. The van der Waals surface area contributed by atoms with Crippen LogP contribution in [0.25, 0.3) is 0 Å².